The number of nitrogens with zero attached hydrogens (tertiary/aromatic N) is 3. The summed E-state index contributed by atoms with van der Waals surface area (Å²) in [6.07, 6.45) is 0.557. The maximum Gasteiger partial charge on any atom is 0.269 e. The number of rotatable bonds is 5. The molecule has 118 valence electrons. The van der Waals surface area contributed by atoms with Gasteiger partial charge in [-0.25, -0.2) is 0 Å². The topological polar surface area (TPSA) is 130 Å². The van der Waals surface area contributed by atoms with Crippen molar-refractivity contribution in [2.75, 3.05) is 12.3 Å². The van der Waals surface area contributed by atoms with Crippen LogP contribution in [0.4, 0.5) is 5.13 Å². The Morgan fingerprint density at radius 2 is 2.17 bits per heavy atom. The number of aromatic amines is 1. The molecule has 0 aliphatic carbocycles. The fraction of sp³-hybridized carbons (Fsp3) is 0.143. The van der Waals surface area contributed by atoms with E-state index in [1.54, 1.807) is 30.3 Å². The lowest BCUT2D eigenvalue weighted by atomic mass is 10.1. The Labute approximate surface area is 135 Å². The van der Waals surface area contributed by atoms with Crippen LogP contribution in [-0.4, -0.2) is 38.0 Å². The SMILES string of the molecule is Nc1nnc(CCNC(=O)c2cc(-c3ccccc3O)n[nH]2)s1. The van der Waals surface area contributed by atoms with Gasteiger partial charge in [0.2, 0.25) is 5.13 Å². The molecule has 0 unspecified atom stereocenters. The molecule has 0 saturated carbocycles. The van der Waals surface area contributed by atoms with Crippen LogP contribution in [-0.2, 0) is 6.42 Å². The Bertz CT molecular complexity index is 828. The molecule has 0 aliphatic heterocycles. The van der Waals surface area contributed by atoms with Gasteiger partial charge >= 0.3 is 0 Å². The van der Waals surface area contributed by atoms with Gasteiger partial charge < -0.3 is 16.2 Å². The lowest BCUT2D eigenvalue weighted by Gasteiger charge is -2.01. The number of nitrogens with one attached hydrogen (secondary N) is 2. The van der Waals surface area contributed by atoms with Crippen molar-refractivity contribution in [1.29, 1.82) is 0 Å². The Morgan fingerprint density at radius 3 is 2.91 bits per heavy atom. The summed E-state index contributed by atoms with van der Waals surface area (Å²) >= 11 is 1.29. The van der Waals surface area contributed by atoms with Crippen LogP contribution in [0.15, 0.2) is 30.3 Å². The Balaban J connectivity index is 1.61. The Morgan fingerprint density at radius 1 is 1.35 bits per heavy atom. The fourth-order valence-electron chi connectivity index (χ4n) is 2.01. The van der Waals surface area contributed by atoms with Gasteiger partial charge in [-0.15, -0.1) is 10.2 Å². The molecular weight excluding hydrogens is 316 g/mol. The molecular formula is C14H14N6O2S. The van der Waals surface area contributed by atoms with Gasteiger partial charge in [-0.3, -0.25) is 9.89 Å². The summed E-state index contributed by atoms with van der Waals surface area (Å²) in [5.41, 5.74) is 6.88. The van der Waals surface area contributed by atoms with Gasteiger partial charge in [-0.1, -0.05) is 23.5 Å². The fourth-order valence-corrected chi connectivity index (χ4v) is 2.62. The Kier molecular flexibility index (Phi) is 4.20. The molecule has 0 atom stereocenters. The highest BCUT2D eigenvalue weighted by Crippen LogP contribution is 2.27. The van der Waals surface area contributed by atoms with Gasteiger partial charge in [-0.2, -0.15) is 5.10 Å². The zero-order chi connectivity index (χ0) is 16.2. The summed E-state index contributed by atoms with van der Waals surface area (Å²) in [5.74, 6) is -0.170. The first kappa shape index (κ1) is 15.0. The normalized spacial score (nSPS) is 10.6. The quantitative estimate of drug-likeness (QED) is 0.556. The highest BCUT2D eigenvalue weighted by atomic mass is 32.1. The standard InChI is InChI=1S/C14H14N6O2S/c15-14-20-19-12(23-14)5-6-16-13(22)10-7-9(17-18-10)8-3-1-2-4-11(8)21/h1-4,7,21H,5-6H2,(H2,15,20)(H,16,22)(H,17,18). The maximum absolute atomic E-state index is 12.1. The summed E-state index contributed by atoms with van der Waals surface area (Å²) in [6.45, 7) is 0.415. The molecule has 3 aromatic rings. The summed E-state index contributed by atoms with van der Waals surface area (Å²) in [5, 5.41) is 28.1. The molecule has 3 rings (SSSR count). The molecule has 0 spiro atoms. The van der Waals surface area contributed by atoms with E-state index in [2.05, 4.69) is 25.7 Å². The number of hydrogen-bond donors (Lipinski definition) is 4. The first-order valence-electron chi connectivity index (χ1n) is 6.83. The number of nitrogen functional groups attached to an aromatic ring is 1. The number of para-hydroxylation sites is 1. The summed E-state index contributed by atoms with van der Waals surface area (Å²) in [7, 11) is 0. The van der Waals surface area contributed by atoms with Crippen molar-refractivity contribution >= 4 is 22.4 Å². The number of H-pyrrole nitrogens is 1. The van der Waals surface area contributed by atoms with Crippen LogP contribution >= 0.6 is 11.3 Å². The van der Waals surface area contributed by atoms with Crippen molar-refractivity contribution in [3.63, 3.8) is 0 Å². The monoisotopic (exact) mass is 330 g/mol. The molecule has 1 amide bonds. The second-order valence-corrected chi connectivity index (χ2v) is 5.82. The largest absolute Gasteiger partial charge is 0.507 e. The molecule has 2 heterocycles. The van der Waals surface area contributed by atoms with E-state index in [1.807, 2.05) is 0 Å². The van der Waals surface area contributed by atoms with Crippen molar-refractivity contribution in [1.82, 2.24) is 25.7 Å². The number of phenolic OH excluding ortho intramolecular Hbond substituents is 1. The molecule has 2 aromatic heterocycles. The number of aromatic hydroxyl groups is 1. The number of carbonyl (C=O) groups excluding carboxylic acids is 1. The van der Waals surface area contributed by atoms with E-state index in [0.29, 0.717) is 35.0 Å². The van der Waals surface area contributed by atoms with E-state index in [0.717, 1.165) is 5.01 Å². The van der Waals surface area contributed by atoms with Gasteiger partial charge in [0.15, 0.2) is 0 Å². The second-order valence-electron chi connectivity index (χ2n) is 4.72. The predicted molar refractivity (Wildman–Crippen MR) is 86.0 cm³/mol. The first-order valence-corrected chi connectivity index (χ1v) is 7.65. The van der Waals surface area contributed by atoms with Gasteiger partial charge in [0.1, 0.15) is 16.5 Å². The van der Waals surface area contributed by atoms with Crippen LogP contribution in [0.5, 0.6) is 5.75 Å². The average molecular weight is 330 g/mol. The number of anilines is 1. The molecule has 23 heavy (non-hydrogen) atoms. The van der Waals surface area contributed by atoms with Crippen LogP contribution in [0, 0.1) is 0 Å². The summed E-state index contributed by atoms with van der Waals surface area (Å²) in [6, 6.07) is 8.40. The third-order valence-corrected chi connectivity index (χ3v) is 3.92. The number of benzene rings is 1. The van der Waals surface area contributed by atoms with Gasteiger partial charge in [0.25, 0.3) is 5.91 Å². The van der Waals surface area contributed by atoms with Crippen molar-refractivity contribution in [3.8, 4) is 17.0 Å². The zero-order valence-corrected chi connectivity index (χ0v) is 12.8. The lowest BCUT2D eigenvalue weighted by Crippen LogP contribution is -2.26. The van der Waals surface area contributed by atoms with Crippen LogP contribution in [0.1, 0.15) is 15.5 Å². The highest BCUT2D eigenvalue weighted by Gasteiger charge is 2.13. The zero-order valence-electron chi connectivity index (χ0n) is 12.0. The predicted octanol–water partition coefficient (Wildman–Crippen LogP) is 1.19. The molecule has 0 fully saturated rings. The third kappa shape index (κ3) is 3.46. The van der Waals surface area contributed by atoms with Crippen LogP contribution < -0.4 is 11.1 Å². The van der Waals surface area contributed by atoms with Crippen molar-refractivity contribution in [2.24, 2.45) is 0 Å². The summed E-state index contributed by atoms with van der Waals surface area (Å²) < 4.78 is 0. The molecule has 0 saturated heterocycles. The first-order chi connectivity index (χ1) is 11.1. The number of aromatic nitrogens is 4. The molecule has 9 heteroatoms. The van der Waals surface area contributed by atoms with Crippen LogP contribution in [0.3, 0.4) is 0 Å². The minimum atomic E-state index is -0.281. The molecule has 0 radical (unpaired) electrons. The van der Waals surface area contributed by atoms with Crippen molar-refractivity contribution in [3.05, 3.63) is 41.0 Å². The van der Waals surface area contributed by atoms with Crippen molar-refractivity contribution in [2.45, 2.75) is 6.42 Å². The van der Waals surface area contributed by atoms with E-state index in [1.165, 1.54) is 11.3 Å². The summed E-state index contributed by atoms with van der Waals surface area (Å²) in [4.78, 5) is 12.1. The lowest BCUT2D eigenvalue weighted by molar-refractivity contribution is 0.0949. The Hall–Kier alpha value is -2.94. The van der Waals surface area contributed by atoms with E-state index in [-0.39, 0.29) is 11.7 Å². The van der Waals surface area contributed by atoms with E-state index in [9.17, 15) is 9.90 Å². The third-order valence-electron chi connectivity index (χ3n) is 3.11. The highest BCUT2D eigenvalue weighted by molar-refractivity contribution is 7.15. The van der Waals surface area contributed by atoms with Gasteiger partial charge in [-0.05, 0) is 18.2 Å². The molecule has 5 N–H and O–H groups in total. The van der Waals surface area contributed by atoms with Crippen LogP contribution in [0.2, 0.25) is 0 Å². The number of nitrogens with two attached hydrogens (primary N) is 1. The smallest absolute Gasteiger partial charge is 0.269 e. The van der Waals surface area contributed by atoms with Crippen LogP contribution in [0.25, 0.3) is 11.3 Å². The maximum atomic E-state index is 12.1. The number of phenols is 1. The molecule has 0 aliphatic rings. The molecule has 8 nitrogen and oxygen atoms in total. The number of amides is 1. The molecule has 1 aromatic carbocycles. The van der Waals surface area contributed by atoms with Crippen molar-refractivity contribution < 1.29 is 9.90 Å². The average Bonchev–Trinajstić information content (AvgIpc) is 3.17. The van der Waals surface area contributed by atoms with Gasteiger partial charge in [0, 0.05) is 18.5 Å². The number of hydrogen-bond acceptors (Lipinski definition) is 7. The number of carbonyl (C=O) groups is 1. The van der Waals surface area contributed by atoms with E-state index in [4.69, 9.17) is 5.73 Å². The second kappa shape index (κ2) is 6.44. The minimum absolute atomic E-state index is 0.111. The minimum Gasteiger partial charge on any atom is -0.507 e. The van der Waals surface area contributed by atoms with Gasteiger partial charge in [0.05, 0.1) is 5.69 Å². The van der Waals surface area contributed by atoms with E-state index >= 15 is 0 Å². The van der Waals surface area contributed by atoms with E-state index < -0.39 is 0 Å². The molecule has 0 bridgehead atoms.